The minimum Gasteiger partial charge on any atom is -0.349 e. The predicted octanol–water partition coefficient (Wildman–Crippen LogP) is 0.882. The zero-order chi connectivity index (χ0) is 20.5. The van der Waals surface area contributed by atoms with Crippen molar-refractivity contribution in [3.05, 3.63) is 35.4 Å². The Bertz CT molecular complexity index is 796. The van der Waals surface area contributed by atoms with E-state index in [0.29, 0.717) is 12.0 Å². The van der Waals surface area contributed by atoms with Crippen LogP contribution in [-0.2, 0) is 14.4 Å². The van der Waals surface area contributed by atoms with E-state index >= 15 is 0 Å². The molecule has 0 unspecified atom stereocenters. The van der Waals surface area contributed by atoms with Crippen LogP contribution >= 0.6 is 0 Å². The first-order chi connectivity index (χ1) is 13.2. The average Bonchev–Trinajstić information content (AvgIpc) is 2.91. The Morgan fingerprint density at radius 2 is 1.71 bits per heavy atom. The Labute approximate surface area is 159 Å². The molecular weight excluding hydrogens is 376 g/mol. The fraction of sp³-hybridized carbons (Fsp3) is 0.444. The Morgan fingerprint density at radius 1 is 1.18 bits per heavy atom. The highest BCUT2D eigenvalue weighted by Gasteiger charge is 2.51. The summed E-state index contributed by atoms with van der Waals surface area (Å²) >= 11 is 0. The van der Waals surface area contributed by atoms with E-state index in [4.69, 9.17) is 4.84 Å². The first-order valence-electron chi connectivity index (χ1n) is 8.73. The molecule has 1 fully saturated rings. The van der Waals surface area contributed by atoms with Crippen molar-refractivity contribution in [2.24, 2.45) is 5.41 Å². The Balaban J connectivity index is 1.80. The van der Waals surface area contributed by atoms with E-state index in [0.717, 1.165) is 0 Å². The van der Waals surface area contributed by atoms with Crippen LogP contribution in [0.4, 0.5) is 8.78 Å². The van der Waals surface area contributed by atoms with Gasteiger partial charge in [-0.05, 0) is 38.1 Å². The Kier molecular flexibility index (Phi) is 5.16. The number of nitrogens with zero attached hydrogens (tertiary/aromatic N) is 1. The van der Waals surface area contributed by atoms with Gasteiger partial charge in [0.2, 0.25) is 5.91 Å². The number of hydrogen-bond donors (Lipinski definition) is 2. The Morgan fingerprint density at radius 3 is 2.21 bits per heavy atom. The molecule has 3 rings (SSSR count). The SMILES string of the molecule is CC(F)(F)CNC(=O)C1(C(=O)ON2C(=O)c3ccccc3C2=O)CCNCC1. The lowest BCUT2D eigenvalue weighted by molar-refractivity contribution is -0.185. The second-order valence-electron chi connectivity index (χ2n) is 6.91. The van der Waals surface area contributed by atoms with E-state index < -0.39 is 41.6 Å². The lowest BCUT2D eigenvalue weighted by Gasteiger charge is -2.34. The van der Waals surface area contributed by atoms with Gasteiger partial charge in [0.25, 0.3) is 17.7 Å². The summed E-state index contributed by atoms with van der Waals surface area (Å²) in [6, 6.07) is 5.95. The topological polar surface area (TPSA) is 105 Å². The highest BCUT2D eigenvalue weighted by atomic mass is 19.3. The molecule has 2 heterocycles. The summed E-state index contributed by atoms with van der Waals surface area (Å²) in [6.45, 7) is 0.237. The van der Waals surface area contributed by atoms with Crippen molar-refractivity contribution in [1.82, 2.24) is 15.7 Å². The van der Waals surface area contributed by atoms with Gasteiger partial charge in [0.05, 0.1) is 17.7 Å². The van der Waals surface area contributed by atoms with E-state index in [1.165, 1.54) is 12.1 Å². The molecule has 8 nitrogen and oxygen atoms in total. The number of fused-ring (bicyclic) bond motifs is 1. The van der Waals surface area contributed by atoms with Crippen molar-refractivity contribution in [2.45, 2.75) is 25.7 Å². The van der Waals surface area contributed by atoms with Gasteiger partial charge in [0, 0.05) is 6.92 Å². The van der Waals surface area contributed by atoms with Crippen molar-refractivity contribution in [3.8, 4) is 0 Å². The third kappa shape index (κ3) is 3.59. The molecule has 28 heavy (non-hydrogen) atoms. The largest absolute Gasteiger partial charge is 0.349 e. The number of alkyl halides is 2. The van der Waals surface area contributed by atoms with Gasteiger partial charge in [-0.25, -0.2) is 13.6 Å². The molecule has 1 saturated heterocycles. The van der Waals surface area contributed by atoms with Crippen molar-refractivity contribution in [3.63, 3.8) is 0 Å². The summed E-state index contributed by atoms with van der Waals surface area (Å²) in [5.74, 6) is -6.84. The molecule has 0 aromatic heterocycles. The highest BCUT2D eigenvalue weighted by Crippen LogP contribution is 2.33. The maximum Gasteiger partial charge on any atom is 0.348 e. The third-order valence-electron chi connectivity index (χ3n) is 4.77. The number of carbonyl (C=O) groups is 4. The minimum absolute atomic E-state index is 0.0177. The number of imide groups is 1. The molecule has 0 atom stereocenters. The second-order valence-corrected chi connectivity index (χ2v) is 6.91. The summed E-state index contributed by atoms with van der Waals surface area (Å²) < 4.78 is 26.2. The van der Waals surface area contributed by atoms with Crippen LogP contribution < -0.4 is 10.6 Å². The number of hydroxylamine groups is 2. The van der Waals surface area contributed by atoms with Crippen LogP contribution in [-0.4, -0.2) is 54.3 Å². The molecule has 1 aromatic carbocycles. The van der Waals surface area contributed by atoms with Gasteiger partial charge in [-0.3, -0.25) is 14.4 Å². The van der Waals surface area contributed by atoms with Gasteiger partial charge in [-0.15, -0.1) is 0 Å². The molecule has 0 aliphatic carbocycles. The first-order valence-corrected chi connectivity index (χ1v) is 8.73. The van der Waals surface area contributed by atoms with Crippen LogP contribution in [0.25, 0.3) is 0 Å². The number of nitrogens with one attached hydrogen (secondary N) is 2. The van der Waals surface area contributed by atoms with Gasteiger partial charge >= 0.3 is 5.97 Å². The van der Waals surface area contributed by atoms with Crippen LogP contribution in [0.1, 0.15) is 40.5 Å². The molecule has 10 heteroatoms. The molecule has 150 valence electrons. The van der Waals surface area contributed by atoms with E-state index in [9.17, 15) is 28.0 Å². The number of hydrogen-bond acceptors (Lipinski definition) is 6. The zero-order valence-electron chi connectivity index (χ0n) is 15.1. The maximum atomic E-state index is 13.1. The molecule has 2 aliphatic heterocycles. The molecule has 3 amide bonds. The lowest BCUT2D eigenvalue weighted by Crippen LogP contribution is -2.55. The molecular formula is C18H19F2N3O5. The summed E-state index contributed by atoms with van der Waals surface area (Å²) in [4.78, 5) is 55.2. The van der Waals surface area contributed by atoms with Gasteiger partial charge < -0.3 is 15.5 Å². The third-order valence-corrected chi connectivity index (χ3v) is 4.77. The smallest absolute Gasteiger partial charge is 0.348 e. The zero-order valence-corrected chi connectivity index (χ0v) is 15.1. The van der Waals surface area contributed by atoms with Crippen molar-refractivity contribution in [1.29, 1.82) is 0 Å². The second kappa shape index (κ2) is 7.27. The van der Waals surface area contributed by atoms with E-state index in [1.54, 1.807) is 12.1 Å². The van der Waals surface area contributed by atoms with E-state index in [-0.39, 0.29) is 37.1 Å². The molecule has 0 bridgehead atoms. The maximum absolute atomic E-state index is 13.1. The summed E-state index contributed by atoms with van der Waals surface area (Å²) in [7, 11) is 0. The number of rotatable bonds is 5. The lowest BCUT2D eigenvalue weighted by atomic mass is 9.78. The van der Waals surface area contributed by atoms with Crippen molar-refractivity contribution < 1.29 is 32.8 Å². The molecule has 1 aromatic rings. The number of amides is 3. The van der Waals surface area contributed by atoms with Crippen LogP contribution in [0.15, 0.2) is 24.3 Å². The van der Waals surface area contributed by atoms with E-state index in [1.807, 2.05) is 0 Å². The monoisotopic (exact) mass is 395 g/mol. The summed E-state index contributed by atoms with van der Waals surface area (Å²) in [5, 5.41) is 5.35. The molecule has 0 radical (unpaired) electrons. The highest BCUT2D eigenvalue weighted by molar-refractivity contribution is 6.21. The fourth-order valence-electron chi connectivity index (χ4n) is 3.20. The van der Waals surface area contributed by atoms with Crippen LogP contribution in [0.2, 0.25) is 0 Å². The normalized spacial score (nSPS) is 18.6. The van der Waals surface area contributed by atoms with Crippen LogP contribution in [0, 0.1) is 5.41 Å². The van der Waals surface area contributed by atoms with Gasteiger partial charge in [-0.1, -0.05) is 17.2 Å². The van der Waals surface area contributed by atoms with Gasteiger partial charge in [0.15, 0.2) is 5.41 Å². The van der Waals surface area contributed by atoms with Gasteiger partial charge in [-0.2, -0.15) is 0 Å². The molecule has 2 N–H and O–H groups in total. The fourth-order valence-corrected chi connectivity index (χ4v) is 3.20. The number of halogens is 2. The minimum atomic E-state index is -3.16. The van der Waals surface area contributed by atoms with Crippen LogP contribution in [0.5, 0.6) is 0 Å². The quantitative estimate of drug-likeness (QED) is 0.567. The summed E-state index contributed by atoms with van der Waals surface area (Å²) in [5.41, 5.74) is -1.62. The average molecular weight is 395 g/mol. The predicted molar refractivity (Wildman–Crippen MR) is 91.2 cm³/mol. The first kappa shape index (κ1) is 19.9. The molecule has 0 saturated carbocycles. The standard InChI is InChI=1S/C18H19F2N3O5/c1-17(19,20)10-22-15(26)18(6-8-21-9-7-18)16(27)28-23-13(24)11-4-2-3-5-12(11)14(23)25/h2-5,21H,6-10H2,1H3,(H,22,26). The van der Waals surface area contributed by atoms with E-state index in [2.05, 4.69) is 10.6 Å². The molecule has 0 spiro atoms. The van der Waals surface area contributed by atoms with Crippen molar-refractivity contribution in [2.75, 3.05) is 19.6 Å². The van der Waals surface area contributed by atoms with Crippen molar-refractivity contribution >= 4 is 23.7 Å². The Hall–Kier alpha value is -2.88. The summed E-state index contributed by atoms with van der Waals surface area (Å²) in [6.07, 6.45) is -0.0355. The van der Waals surface area contributed by atoms with Gasteiger partial charge in [0.1, 0.15) is 0 Å². The van der Waals surface area contributed by atoms with Crippen LogP contribution in [0.3, 0.4) is 0 Å². The number of benzene rings is 1. The number of piperidine rings is 1. The number of carbonyl (C=O) groups excluding carboxylic acids is 4. The molecule has 2 aliphatic rings.